The smallest absolute Gasteiger partial charge is 0.191 e. The van der Waals surface area contributed by atoms with Crippen LogP contribution in [-0.2, 0) is 7.05 Å². The Balaban J connectivity index is 1.60. The summed E-state index contributed by atoms with van der Waals surface area (Å²) in [6.07, 6.45) is 1.65. The van der Waals surface area contributed by atoms with Crippen molar-refractivity contribution in [3.63, 3.8) is 0 Å². The van der Waals surface area contributed by atoms with Crippen molar-refractivity contribution in [2.45, 2.75) is 19.0 Å². The van der Waals surface area contributed by atoms with Crippen LogP contribution < -0.4 is 4.74 Å². The van der Waals surface area contributed by atoms with E-state index >= 15 is 0 Å². The number of ether oxygens (including phenoxy) is 1. The molecule has 0 N–H and O–H groups in total. The van der Waals surface area contributed by atoms with Gasteiger partial charge >= 0.3 is 0 Å². The van der Waals surface area contributed by atoms with Gasteiger partial charge in [0, 0.05) is 12.8 Å². The van der Waals surface area contributed by atoms with Gasteiger partial charge in [-0.2, -0.15) is 0 Å². The van der Waals surface area contributed by atoms with Crippen molar-refractivity contribution in [1.29, 1.82) is 0 Å². The van der Waals surface area contributed by atoms with E-state index in [4.69, 9.17) is 9.15 Å². The van der Waals surface area contributed by atoms with E-state index in [1.54, 1.807) is 24.1 Å². The van der Waals surface area contributed by atoms with E-state index in [0.717, 1.165) is 22.3 Å². The number of para-hydroxylation sites is 1. The van der Waals surface area contributed by atoms with E-state index in [9.17, 15) is 4.79 Å². The average Bonchev–Trinajstić information content (AvgIpc) is 3.17. The van der Waals surface area contributed by atoms with Crippen LogP contribution in [-0.4, -0.2) is 32.9 Å². The number of rotatable bonds is 7. The number of benzene rings is 1. The minimum atomic E-state index is -0.00308. The van der Waals surface area contributed by atoms with Crippen LogP contribution >= 0.6 is 11.8 Å². The summed E-state index contributed by atoms with van der Waals surface area (Å²) in [5.74, 6) is 2.90. The normalized spacial score (nSPS) is 10.8. The molecule has 0 radical (unpaired) electrons. The Morgan fingerprint density at radius 2 is 2.08 bits per heavy atom. The quantitative estimate of drug-likeness (QED) is 0.364. The first-order valence-corrected chi connectivity index (χ1v) is 8.86. The van der Waals surface area contributed by atoms with E-state index in [1.807, 2.05) is 42.8 Å². The molecule has 0 aliphatic rings. The van der Waals surface area contributed by atoms with E-state index in [0.29, 0.717) is 23.7 Å². The zero-order valence-electron chi connectivity index (χ0n) is 14.4. The van der Waals surface area contributed by atoms with Gasteiger partial charge < -0.3 is 13.7 Å². The van der Waals surface area contributed by atoms with Gasteiger partial charge in [-0.15, -0.1) is 10.2 Å². The Kier molecular flexibility index (Phi) is 5.23. The summed E-state index contributed by atoms with van der Waals surface area (Å²) in [6.45, 7) is 3.91. The Hall–Kier alpha value is -2.54. The molecule has 130 valence electrons. The van der Waals surface area contributed by atoms with Gasteiger partial charge in [0.15, 0.2) is 16.8 Å². The summed E-state index contributed by atoms with van der Waals surface area (Å²) in [4.78, 5) is 11.6. The van der Waals surface area contributed by atoms with Crippen LogP contribution in [0.3, 0.4) is 0 Å². The summed E-state index contributed by atoms with van der Waals surface area (Å²) < 4.78 is 13.0. The molecule has 1 aromatic carbocycles. The fourth-order valence-corrected chi connectivity index (χ4v) is 3.19. The van der Waals surface area contributed by atoms with Crippen LogP contribution in [0.15, 0.2) is 46.2 Å². The van der Waals surface area contributed by atoms with Crippen molar-refractivity contribution < 1.29 is 13.9 Å². The molecule has 2 aromatic heterocycles. The van der Waals surface area contributed by atoms with Gasteiger partial charge in [0.2, 0.25) is 0 Å². The van der Waals surface area contributed by atoms with E-state index in [-0.39, 0.29) is 5.78 Å². The lowest BCUT2D eigenvalue weighted by Gasteiger charge is -2.09. The third-order valence-electron chi connectivity index (χ3n) is 3.77. The lowest BCUT2D eigenvalue weighted by Crippen LogP contribution is -2.05. The molecule has 0 amide bonds. The molecule has 0 spiro atoms. The van der Waals surface area contributed by atoms with Gasteiger partial charge in [-0.05, 0) is 32.0 Å². The third-order valence-corrected chi connectivity index (χ3v) is 4.76. The molecule has 2 heterocycles. The Labute approximate surface area is 150 Å². The molecule has 0 atom stereocenters. The number of nitrogens with zero attached hydrogens (tertiary/aromatic N) is 3. The largest absolute Gasteiger partial charge is 0.492 e. The fraction of sp³-hybridized carbons (Fsp3) is 0.278. The minimum Gasteiger partial charge on any atom is -0.492 e. The molecule has 0 aliphatic heterocycles. The highest BCUT2D eigenvalue weighted by Gasteiger charge is 2.15. The second-order valence-corrected chi connectivity index (χ2v) is 6.57. The topological polar surface area (TPSA) is 70.2 Å². The van der Waals surface area contributed by atoms with Gasteiger partial charge in [-0.1, -0.05) is 23.9 Å². The first kappa shape index (κ1) is 17.3. The van der Waals surface area contributed by atoms with Crippen molar-refractivity contribution >= 4 is 17.5 Å². The van der Waals surface area contributed by atoms with Gasteiger partial charge in [0.1, 0.15) is 11.5 Å². The number of carbonyl (C=O) groups is 1. The average molecular weight is 357 g/mol. The highest BCUT2D eigenvalue weighted by Crippen LogP contribution is 2.26. The predicted octanol–water partition coefficient (Wildman–Crippen LogP) is 3.76. The van der Waals surface area contributed by atoms with E-state index < -0.39 is 0 Å². The second-order valence-electron chi connectivity index (χ2n) is 5.50. The van der Waals surface area contributed by atoms with Crippen molar-refractivity contribution in [1.82, 2.24) is 14.8 Å². The number of thioether (sulfide) groups is 1. The lowest BCUT2D eigenvalue weighted by atomic mass is 10.1. The number of hydrogen-bond donors (Lipinski definition) is 0. The maximum absolute atomic E-state index is 11.6. The van der Waals surface area contributed by atoms with Crippen LogP contribution in [0.2, 0.25) is 0 Å². The molecule has 7 heteroatoms. The van der Waals surface area contributed by atoms with Gasteiger partial charge in [-0.3, -0.25) is 4.79 Å². The maximum atomic E-state index is 11.6. The standard InChI is InChI=1S/C18H19N3O3S/c1-12(22)14-6-4-5-7-16(14)24-10-11-25-18-20-19-17(21(18)3)15-8-9-23-13(15)2/h4-9H,10-11H2,1-3H3. The number of furan rings is 1. The summed E-state index contributed by atoms with van der Waals surface area (Å²) in [5, 5.41) is 9.27. The van der Waals surface area contributed by atoms with Crippen LogP contribution in [0.4, 0.5) is 0 Å². The molecule has 3 aromatic rings. The number of aryl methyl sites for hydroxylation is 1. The summed E-state index contributed by atoms with van der Waals surface area (Å²) >= 11 is 1.55. The molecule has 6 nitrogen and oxygen atoms in total. The first-order chi connectivity index (χ1) is 12.1. The van der Waals surface area contributed by atoms with Crippen LogP contribution in [0, 0.1) is 6.92 Å². The number of carbonyl (C=O) groups excluding carboxylic acids is 1. The molecule has 0 saturated carbocycles. The fourth-order valence-electron chi connectivity index (χ4n) is 2.46. The molecule has 0 saturated heterocycles. The lowest BCUT2D eigenvalue weighted by molar-refractivity contribution is 0.101. The molecule has 3 rings (SSSR count). The summed E-state index contributed by atoms with van der Waals surface area (Å²) in [5.41, 5.74) is 1.54. The summed E-state index contributed by atoms with van der Waals surface area (Å²) in [7, 11) is 1.93. The van der Waals surface area contributed by atoms with Gasteiger partial charge in [0.05, 0.1) is 24.0 Å². The molecule has 0 bridgehead atoms. The van der Waals surface area contributed by atoms with Crippen molar-refractivity contribution in [3.8, 4) is 17.1 Å². The summed E-state index contributed by atoms with van der Waals surface area (Å²) in [6, 6.07) is 9.15. The predicted molar refractivity (Wildman–Crippen MR) is 96.1 cm³/mol. The van der Waals surface area contributed by atoms with Crippen molar-refractivity contribution in [2.24, 2.45) is 7.05 Å². The van der Waals surface area contributed by atoms with E-state index in [2.05, 4.69) is 10.2 Å². The number of aromatic nitrogens is 3. The Morgan fingerprint density at radius 3 is 2.80 bits per heavy atom. The van der Waals surface area contributed by atoms with E-state index in [1.165, 1.54) is 6.92 Å². The van der Waals surface area contributed by atoms with Gasteiger partial charge in [-0.25, -0.2) is 0 Å². The maximum Gasteiger partial charge on any atom is 0.191 e. The first-order valence-electron chi connectivity index (χ1n) is 7.87. The van der Waals surface area contributed by atoms with Crippen molar-refractivity contribution in [3.05, 3.63) is 47.9 Å². The highest BCUT2D eigenvalue weighted by atomic mass is 32.2. The minimum absolute atomic E-state index is 0.00308. The molecule has 25 heavy (non-hydrogen) atoms. The molecule has 0 fully saturated rings. The second kappa shape index (κ2) is 7.57. The molecular weight excluding hydrogens is 338 g/mol. The van der Waals surface area contributed by atoms with Crippen LogP contribution in [0.5, 0.6) is 5.75 Å². The number of Topliss-reactive ketones (excluding diaryl/α,β-unsaturated/α-hetero) is 1. The van der Waals surface area contributed by atoms with Crippen LogP contribution in [0.25, 0.3) is 11.4 Å². The Bertz CT molecular complexity index is 885. The molecular formula is C18H19N3O3S. The van der Waals surface area contributed by atoms with Gasteiger partial charge in [0.25, 0.3) is 0 Å². The third kappa shape index (κ3) is 3.76. The zero-order chi connectivity index (χ0) is 17.8. The number of hydrogen-bond acceptors (Lipinski definition) is 6. The SMILES string of the molecule is CC(=O)c1ccccc1OCCSc1nnc(-c2ccoc2C)n1C. The molecule has 0 unspecified atom stereocenters. The Morgan fingerprint density at radius 1 is 1.28 bits per heavy atom. The monoisotopic (exact) mass is 357 g/mol. The zero-order valence-corrected chi connectivity index (χ0v) is 15.2. The molecule has 0 aliphatic carbocycles. The number of ketones is 1. The highest BCUT2D eigenvalue weighted by molar-refractivity contribution is 7.99. The van der Waals surface area contributed by atoms with Crippen molar-refractivity contribution in [2.75, 3.05) is 12.4 Å². The van der Waals surface area contributed by atoms with Crippen LogP contribution in [0.1, 0.15) is 23.0 Å².